The highest BCUT2D eigenvalue weighted by Crippen LogP contribution is 2.20. The van der Waals surface area contributed by atoms with E-state index in [2.05, 4.69) is 30.7 Å². The van der Waals surface area contributed by atoms with Gasteiger partial charge in [-0.05, 0) is 32.9 Å². The van der Waals surface area contributed by atoms with Crippen molar-refractivity contribution in [3.8, 4) is 0 Å². The Bertz CT molecular complexity index is 659. The van der Waals surface area contributed by atoms with Crippen LogP contribution in [0.3, 0.4) is 0 Å². The number of nitrogen functional groups attached to an aromatic ring is 1. The maximum Gasteiger partial charge on any atom is 0.239 e. The molecular weight excluding hydrogens is 286 g/mol. The van der Waals surface area contributed by atoms with Crippen LogP contribution in [0.25, 0.3) is 0 Å². The van der Waals surface area contributed by atoms with Gasteiger partial charge in [-0.3, -0.25) is 10.7 Å². The number of rotatable bonds is 3. The molecule has 1 aromatic carbocycles. The van der Waals surface area contributed by atoms with E-state index in [-0.39, 0.29) is 5.54 Å². The number of anilines is 1. The fourth-order valence-corrected chi connectivity index (χ4v) is 2.08. The summed E-state index contributed by atoms with van der Waals surface area (Å²) in [4.78, 5) is 8.29. The van der Waals surface area contributed by atoms with Crippen molar-refractivity contribution in [2.24, 2.45) is 0 Å². The Morgan fingerprint density at radius 2 is 1.81 bits per heavy atom. The van der Waals surface area contributed by atoms with E-state index < -0.39 is 0 Å². The summed E-state index contributed by atoms with van der Waals surface area (Å²) in [5.74, 6) is 0.982. The Kier molecular flexibility index (Phi) is 4.25. The number of quaternary nitrogens is 1. The molecule has 0 amide bonds. The monoisotopic (exact) mass is 304 g/mol. The molecule has 110 valence electrons. The number of benzene rings is 1. The highest BCUT2D eigenvalue weighted by molar-refractivity contribution is 6.30. The average molecular weight is 305 g/mol. The summed E-state index contributed by atoms with van der Waals surface area (Å²) in [5.41, 5.74) is 7.47. The second-order valence-electron chi connectivity index (χ2n) is 5.91. The van der Waals surface area contributed by atoms with Gasteiger partial charge >= 0.3 is 0 Å². The van der Waals surface area contributed by atoms with E-state index >= 15 is 0 Å². The SMILES string of the molecule is CC(C)(C)[NH2+]c1ncnc(N)c1C(=N)c1ccc(Cl)cc1. The fraction of sp³-hybridized carbons (Fsp3) is 0.267. The summed E-state index contributed by atoms with van der Waals surface area (Å²) >= 11 is 5.89. The van der Waals surface area contributed by atoms with Gasteiger partial charge in [0.05, 0.1) is 11.3 Å². The fourth-order valence-electron chi connectivity index (χ4n) is 1.95. The van der Waals surface area contributed by atoms with Crippen LogP contribution >= 0.6 is 11.6 Å². The van der Waals surface area contributed by atoms with Crippen LogP contribution < -0.4 is 11.1 Å². The highest BCUT2D eigenvalue weighted by Gasteiger charge is 2.24. The topological polar surface area (TPSA) is 92.3 Å². The van der Waals surface area contributed by atoms with Gasteiger partial charge in [-0.15, -0.1) is 0 Å². The normalized spacial score (nSPS) is 11.4. The number of halogens is 1. The quantitative estimate of drug-likeness (QED) is 0.758. The summed E-state index contributed by atoms with van der Waals surface area (Å²) in [6.07, 6.45) is 1.42. The molecule has 0 saturated heterocycles. The highest BCUT2D eigenvalue weighted by atomic mass is 35.5. The molecule has 0 saturated carbocycles. The number of nitrogens with zero attached hydrogens (tertiary/aromatic N) is 2. The smallest absolute Gasteiger partial charge is 0.239 e. The van der Waals surface area contributed by atoms with Crippen molar-refractivity contribution in [1.82, 2.24) is 9.97 Å². The van der Waals surface area contributed by atoms with E-state index in [4.69, 9.17) is 22.7 Å². The van der Waals surface area contributed by atoms with Crippen LogP contribution in [0.2, 0.25) is 5.02 Å². The summed E-state index contributed by atoms with van der Waals surface area (Å²) in [6, 6.07) is 7.08. The maximum absolute atomic E-state index is 8.41. The zero-order valence-corrected chi connectivity index (χ0v) is 13.1. The molecule has 6 heteroatoms. The lowest BCUT2D eigenvalue weighted by Gasteiger charge is -2.18. The minimum absolute atomic E-state index is 0.0736. The molecule has 0 radical (unpaired) electrons. The van der Waals surface area contributed by atoms with Crippen LogP contribution in [0, 0.1) is 5.41 Å². The Hall–Kier alpha value is -1.98. The van der Waals surface area contributed by atoms with Gasteiger partial charge in [0.15, 0.2) is 0 Å². The number of nitrogens with one attached hydrogen (secondary N) is 1. The van der Waals surface area contributed by atoms with Crippen molar-refractivity contribution in [2.45, 2.75) is 26.3 Å². The van der Waals surface area contributed by atoms with Gasteiger partial charge in [0, 0.05) is 10.6 Å². The predicted molar refractivity (Wildman–Crippen MR) is 85.2 cm³/mol. The molecule has 5 nitrogen and oxygen atoms in total. The Morgan fingerprint density at radius 1 is 1.19 bits per heavy atom. The lowest BCUT2D eigenvalue weighted by atomic mass is 10.0. The van der Waals surface area contributed by atoms with Gasteiger partial charge in [0.1, 0.15) is 17.7 Å². The summed E-state index contributed by atoms with van der Waals surface area (Å²) in [6.45, 7) is 6.21. The van der Waals surface area contributed by atoms with Crippen LogP contribution in [-0.4, -0.2) is 21.2 Å². The molecule has 0 unspecified atom stereocenters. The molecule has 0 fully saturated rings. The molecule has 21 heavy (non-hydrogen) atoms. The molecule has 2 rings (SSSR count). The van der Waals surface area contributed by atoms with E-state index in [1.54, 1.807) is 24.3 Å². The number of hydrogen-bond donors (Lipinski definition) is 3. The van der Waals surface area contributed by atoms with Crippen molar-refractivity contribution in [3.05, 3.63) is 46.7 Å². The van der Waals surface area contributed by atoms with Gasteiger partial charge < -0.3 is 5.73 Å². The van der Waals surface area contributed by atoms with Crippen LogP contribution in [-0.2, 0) is 0 Å². The lowest BCUT2D eigenvalue weighted by Crippen LogP contribution is -2.90. The predicted octanol–water partition coefficient (Wildman–Crippen LogP) is 2.12. The number of hydrogen-bond acceptors (Lipinski definition) is 4. The molecule has 5 N–H and O–H groups in total. The molecule has 0 atom stereocenters. The van der Waals surface area contributed by atoms with E-state index in [1.807, 2.05) is 5.32 Å². The number of aromatic nitrogens is 2. The molecule has 0 aliphatic carbocycles. The van der Waals surface area contributed by atoms with Crippen molar-refractivity contribution in [2.75, 3.05) is 5.73 Å². The maximum atomic E-state index is 8.41. The second kappa shape index (κ2) is 5.79. The van der Waals surface area contributed by atoms with E-state index in [0.717, 1.165) is 5.56 Å². The zero-order valence-electron chi connectivity index (χ0n) is 12.3. The van der Waals surface area contributed by atoms with Gasteiger partial charge in [0.2, 0.25) is 5.82 Å². The van der Waals surface area contributed by atoms with Crippen LogP contribution in [0.1, 0.15) is 31.9 Å². The third kappa shape index (κ3) is 3.77. The van der Waals surface area contributed by atoms with E-state index in [9.17, 15) is 0 Å². The van der Waals surface area contributed by atoms with Gasteiger partial charge in [-0.25, -0.2) is 4.98 Å². The standard InChI is InChI=1S/C15H18ClN5/c1-15(2,3)21-14-11(13(18)19-8-20-14)12(17)9-4-6-10(16)7-5-9/h4-8,17H,1-3H3,(H3,18,19,20,21)/p+1. The van der Waals surface area contributed by atoms with Crippen LogP contribution in [0.5, 0.6) is 0 Å². The summed E-state index contributed by atoms with van der Waals surface area (Å²) < 4.78 is 0. The van der Waals surface area contributed by atoms with Crippen molar-refractivity contribution >= 4 is 28.9 Å². The molecule has 1 aromatic heterocycles. The molecule has 0 spiro atoms. The summed E-state index contributed by atoms with van der Waals surface area (Å²) in [7, 11) is 0. The molecule has 2 aromatic rings. The van der Waals surface area contributed by atoms with Crippen molar-refractivity contribution in [1.29, 1.82) is 5.41 Å². The van der Waals surface area contributed by atoms with E-state index in [0.29, 0.717) is 27.9 Å². The lowest BCUT2D eigenvalue weighted by molar-refractivity contribution is -0.645. The largest absolute Gasteiger partial charge is 0.383 e. The first-order valence-electron chi connectivity index (χ1n) is 6.59. The average Bonchev–Trinajstić information content (AvgIpc) is 2.37. The van der Waals surface area contributed by atoms with Crippen LogP contribution in [0.4, 0.5) is 11.6 Å². The van der Waals surface area contributed by atoms with Crippen molar-refractivity contribution in [3.63, 3.8) is 0 Å². The molecule has 0 bridgehead atoms. The summed E-state index contributed by atoms with van der Waals surface area (Å²) in [5, 5.41) is 11.0. The van der Waals surface area contributed by atoms with Gasteiger partial charge in [-0.1, -0.05) is 23.7 Å². The Morgan fingerprint density at radius 3 is 2.38 bits per heavy atom. The first-order chi connectivity index (χ1) is 9.78. The minimum Gasteiger partial charge on any atom is -0.383 e. The Balaban J connectivity index is 2.47. The minimum atomic E-state index is -0.0736. The number of nitrogens with two attached hydrogens (primary N) is 2. The molecule has 1 heterocycles. The van der Waals surface area contributed by atoms with Crippen LogP contribution in [0.15, 0.2) is 30.6 Å². The molecule has 0 aliphatic rings. The van der Waals surface area contributed by atoms with Gasteiger partial charge in [0.25, 0.3) is 0 Å². The molecular formula is C15H19ClN5+. The molecule has 0 aliphatic heterocycles. The van der Waals surface area contributed by atoms with Gasteiger partial charge in [-0.2, -0.15) is 4.98 Å². The first kappa shape index (κ1) is 15.4. The second-order valence-corrected chi connectivity index (χ2v) is 6.35. The zero-order chi connectivity index (χ0) is 15.6. The van der Waals surface area contributed by atoms with Crippen molar-refractivity contribution < 1.29 is 5.32 Å². The third-order valence-electron chi connectivity index (χ3n) is 2.86. The first-order valence-corrected chi connectivity index (χ1v) is 6.97. The Labute approximate surface area is 129 Å². The van der Waals surface area contributed by atoms with E-state index in [1.165, 1.54) is 6.33 Å². The third-order valence-corrected chi connectivity index (χ3v) is 3.11.